The number of benzene rings is 3. The lowest BCUT2D eigenvalue weighted by atomic mass is 10.0. The average molecular weight is 495 g/mol. The van der Waals surface area contributed by atoms with Crippen molar-refractivity contribution in [2.75, 3.05) is 17.8 Å². The number of nitrogens with one attached hydrogen (secondary N) is 2. The fourth-order valence-electron chi connectivity index (χ4n) is 4.47. The molecule has 0 radical (unpaired) electrons. The van der Waals surface area contributed by atoms with Crippen molar-refractivity contribution >= 4 is 32.7 Å². The van der Waals surface area contributed by atoms with Gasteiger partial charge in [-0.15, -0.1) is 0 Å². The molecule has 0 atom stereocenters. The number of H-pyrrole nitrogens is 1. The standard InChI is InChI=1S/C25H23FN4O4S/c26-20-5-1-2-6-21(20)28-35(33,34)19-11-9-17(10-12-19)24(31)29-15-13-18(14-16-29)30-23-8-4-3-7-22(23)27-25(30)32/h1-12,18,28H,13-16H2,(H,27,32). The van der Waals surface area contributed by atoms with E-state index in [9.17, 15) is 22.4 Å². The molecule has 180 valence electrons. The minimum Gasteiger partial charge on any atom is -0.338 e. The first-order valence-corrected chi connectivity index (χ1v) is 12.7. The molecular formula is C25H23FN4O4S. The number of fused-ring (bicyclic) bond motifs is 1. The molecule has 1 amide bonds. The highest BCUT2D eigenvalue weighted by Gasteiger charge is 2.27. The van der Waals surface area contributed by atoms with Crippen molar-refractivity contribution < 1.29 is 17.6 Å². The van der Waals surface area contributed by atoms with Crippen molar-refractivity contribution in [1.29, 1.82) is 0 Å². The first-order valence-electron chi connectivity index (χ1n) is 11.2. The van der Waals surface area contributed by atoms with E-state index in [4.69, 9.17) is 0 Å². The summed E-state index contributed by atoms with van der Waals surface area (Å²) >= 11 is 0. The molecule has 1 fully saturated rings. The van der Waals surface area contributed by atoms with Crippen LogP contribution in [0, 0.1) is 5.82 Å². The van der Waals surface area contributed by atoms with E-state index in [1.807, 2.05) is 24.3 Å². The number of hydrogen-bond donors (Lipinski definition) is 2. The second-order valence-corrected chi connectivity index (χ2v) is 10.1. The molecule has 4 aromatic rings. The Kier molecular flexibility index (Phi) is 5.89. The van der Waals surface area contributed by atoms with Gasteiger partial charge in [-0.3, -0.25) is 14.1 Å². The molecule has 8 nitrogen and oxygen atoms in total. The van der Waals surface area contributed by atoms with Gasteiger partial charge in [0.25, 0.3) is 15.9 Å². The van der Waals surface area contributed by atoms with E-state index in [0.717, 1.165) is 17.1 Å². The summed E-state index contributed by atoms with van der Waals surface area (Å²) < 4.78 is 43.0. The third-order valence-electron chi connectivity index (χ3n) is 6.27. The maximum atomic E-state index is 13.8. The number of halogens is 1. The van der Waals surface area contributed by atoms with Crippen LogP contribution in [0.15, 0.2) is 82.5 Å². The SMILES string of the molecule is O=C(c1ccc(S(=O)(=O)Nc2ccccc2F)cc1)N1CCC(n2c(=O)[nH]c3ccccc32)CC1. The minimum atomic E-state index is -4.01. The van der Waals surface area contributed by atoms with E-state index in [2.05, 4.69) is 9.71 Å². The summed E-state index contributed by atoms with van der Waals surface area (Å²) in [4.78, 5) is 30.0. The van der Waals surface area contributed by atoms with Gasteiger partial charge in [0, 0.05) is 24.7 Å². The topological polar surface area (TPSA) is 104 Å². The number of para-hydroxylation sites is 3. The van der Waals surface area contributed by atoms with Crippen LogP contribution in [0.3, 0.4) is 0 Å². The predicted octanol–water partition coefficient (Wildman–Crippen LogP) is 3.75. The number of nitrogens with zero attached hydrogens (tertiary/aromatic N) is 2. The summed E-state index contributed by atoms with van der Waals surface area (Å²) in [6.07, 6.45) is 1.26. The van der Waals surface area contributed by atoms with Crippen LogP contribution in [0.4, 0.5) is 10.1 Å². The lowest BCUT2D eigenvalue weighted by Crippen LogP contribution is -2.40. The maximum absolute atomic E-state index is 13.8. The summed E-state index contributed by atoms with van der Waals surface area (Å²) in [5, 5.41) is 0. The van der Waals surface area contributed by atoms with Crippen LogP contribution in [0.25, 0.3) is 11.0 Å². The molecule has 0 spiro atoms. The number of likely N-dealkylation sites (tertiary alicyclic amines) is 1. The molecule has 3 aromatic carbocycles. The molecular weight excluding hydrogens is 471 g/mol. The van der Waals surface area contributed by atoms with Crippen LogP contribution in [-0.2, 0) is 10.0 Å². The molecule has 0 unspecified atom stereocenters. The number of carbonyl (C=O) groups excluding carboxylic acids is 1. The monoisotopic (exact) mass is 494 g/mol. The summed E-state index contributed by atoms with van der Waals surface area (Å²) in [5.41, 5.74) is 1.69. The summed E-state index contributed by atoms with van der Waals surface area (Å²) in [6.45, 7) is 0.953. The van der Waals surface area contributed by atoms with Crippen LogP contribution >= 0.6 is 0 Å². The van der Waals surface area contributed by atoms with E-state index in [1.54, 1.807) is 9.47 Å². The lowest BCUT2D eigenvalue weighted by molar-refractivity contribution is 0.0695. The molecule has 1 aliphatic rings. The number of anilines is 1. The minimum absolute atomic E-state index is 0.0142. The largest absolute Gasteiger partial charge is 0.338 e. The number of imidazole rings is 1. The zero-order valence-corrected chi connectivity index (χ0v) is 19.5. The molecule has 0 saturated carbocycles. The maximum Gasteiger partial charge on any atom is 0.326 e. The van der Waals surface area contributed by atoms with Crippen molar-refractivity contribution in [2.24, 2.45) is 0 Å². The molecule has 1 saturated heterocycles. The van der Waals surface area contributed by atoms with Gasteiger partial charge in [-0.1, -0.05) is 24.3 Å². The first-order chi connectivity index (χ1) is 16.8. The molecule has 1 aliphatic heterocycles. The number of carbonyl (C=O) groups is 1. The Bertz CT molecular complexity index is 1550. The van der Waals surface area contributed by atoms with E-state index in [0.29, 0.717) is 31.5 Å². The highest BCUT2D eigenvalue weighted by molar-refractivity contribution is 7.92. The fraction of sp³-hybridized carbons (Fsp3) is 0.200. The number of piperidine rings is 1. The quantitative estimate of drug-likeness (QED) is 0.441. The molecule has 5 rings (SSSR count). The van der Waals surface area contributed by atoms with Crippen molar-refractivity contribution in [3.8, 4) is 0 Å². The first kappa shape index (κ1) is 22.9. The Labute approximate surface area is 201 Å². The van der Waals surface area contributed by atoms with Gasteiger partial charge in [0.1, 0.15) is 5.82 Å². The van der Waals surface area contributed by atoms with Crippen LogP contribution in [-0.4, -0.2) is 41.9 Å². The summed E-state index contributed by atoms with van der Waals surface area (Å²) in [5.74, 6) is -0.887. The van der Waals surface area contributed by atoms with Gasteiger partial charge in [-0.05, 0) is 61.4 Å². The van der Waals surface area contributed by atoms with Crippen LogP contribution in [0.1, 0.15) is 29.2 Å². The predicted molar refractivity (Wildman–Crippen MR) is 130 cm³/mol. The number of rotatable bonds is 5. The highest BCUT2D eigenvalue weighted by Crippen LogP contribution is 2.26. The van der Waals surface area contributed by atoms with E-state index in [-0.39, 0.29) is 28.2 Å². The number of aromatic nitrogens is 2. The van der Waals surface area contributed by atoms with Crippen molar-refractivity contribution in [1.82, 2.24) is 14.5 Å². The van der Waals surface area contributed by atoms with Gasteiger partial charge in [0.05, 0.1) is 21.6 Å². The number of amides is 1. The second kappa shape index (κ2) is 9.03. The van der Waals surface area contributed by atoms with Gasteiger partial charge >= 0.3 is 5.69 Å². The summed E-state index contributed by atoms with van der Waals surface area (Å²) in [6, 6.07) is 18.6. The number of hydrogen-bond acceptors (Lipinski definition) is 4. The van der Waals surface area contributed by atoms with Gasteiger partial charge in [0.15, 0.2) is 0 Å². The Balaban J connectivity index is 1.26. The Morgan fingerprint density at radius 3 is 2.31 bits per heavy atom. The smallest absolute Gasteiger partial charge is 0.326 e. The zero-order chi connectivity index (χ0) is 24.6. The van der Waals surface area contributed by atoms with Crippen LogP contribution in [0.2, 0.25) is 0 Å². The van der Waals surface area contributed by atoms with E-state index < -0.39 is 15.8 Å². The molecule has 2 heterocycles. The van der Waals surface area contributed by atoms with Gasteiger partial charge in [0.2, 0.25) is 0 Å². The van der Waals surface area contributed by atoms with E-state index >= 15 is 0 Å². The molecule has 2 N–H and O–H groups in total. The van der Waals surface area contributed by atoms with Crippen LogP contribution in [0.5, 0.6) is 0 Å². The fourth-order valence-corrected chi connectivity index (χ4v) is 5.54. The second-order valence-electron chi connectivity index (χ2n) is 8.45. The molecule has 10 heteroatoms. The average Bonchev–Trinajstić information content (AvgIpc) is 3.21. The Morgan fingerprint density at radius 2 is 1.60 bits per heavy atom. The molecule has 1 aromatic heterocycles. The lowest BCUT2D eigenvalue weighted by Gasteiger charge is -2.32. The molecule has 0 bridgehead atoms. The van der Waals surface area contributed by atoms with Gasteiger partial charge in [-0.25, -0.2) is 17.6 Å². The van der Waals surface area contributed by atoms with Crippen molar-refractivity contribution in [3.63, 3.8) is 0 Å². The van der Waals surface area contributed by atoms with E-state index in [1.165, 1.54) is 42.5 Å². The number of sulfonamides is 1. The Morgan fingerprint density at radius 1 is 0.943 bits per heavy atom. The van der Waals surface area contributed by atoms with Crippen molar-refractivity contribution in [3.05, 3.63) is 94.7 Å². The highest BCUT2D eigenvalue weighted by atomic mass is 32.2. The van der Waals surface area contributed by atoms with Crippen LogP contribution < -0.4 is 10.4 Å². The van der Waals surface area contributed by atoms with Gasteiger partial charge < -0.3 is 9.88 Å². The molecule has 0 aliphatic carbocycles. The normalized spacial score (nSPS) is 14.8. The third-order valence-corrected chi connectivity index (χ3v) is 7.65. The number of aromatic amines is 1. The van der Waals surface area contributed by atoms with Gasteiger partial charge in [-0.2, -0.15) is 0 Å². The third kappa shape index (κ3) is 4.44. The zero-order valence-electron chi connectivity index (χ0n) is 18.6. The molecule has 35 heavy (non-hydrogen) atoms. The van der Waals surface area contributed by atoms with Crippen molar-refractivity contribution in [2.45, 2.75) is 23.8 Å². The summed E-state index contributed by atoms with van der Waals surface area (Å²) in [7, 11) is -4.01. The Hall–Kier alpha value is -3.92.